The number of aryl methyl sites for hydroxylation is 2. The van der Waals surface area contributed by atoms with Gasteiger partial charge in [-0.05, 0) is 31.5 Å². The number of benzene rings is 1. The number of hydrogen-bond donors (Lipinski definition) is 2. The Kier molecular flexibility index (Phi) is 6.11. The van der Waals surface area contributed by atoms with Gasteiger partial charge in [0, 0.05) is 18.3 Å². The molecule has 0 radical (unpaired) electrons. The van der Waals surface area contributed by atoms with Gasteiger partial charge < -0.3 is 19.9 Å². The summed E-state index contributed by atoms with van der Waals surface area (Å²) in [7, 11) is 1.57. The molecule has 0 aliphatic carbocycles. The highest BCUT2D eigenvalue weighted by molar-refractivity contribution is 6.21. The fraction of sp³-hybridized carbons (Fsp3) is 0.318. The molecule has 172 valence electrons. The van der Waals surface area contributed by atoms with E-state index in [1.807, 2.05) is 31.2 Å². The Morgan fingerprint density at radius 2 is 2.12 bits per heavy atom. The molecule has 1 aromatic carbocycles. The van der Waals surface area contributed by atoms with E-state index in [1.54, 1.807) is 24.9 Å². The maximum absolute atomic E-state index is 12.8. The summed E-state index contributed by atoms with van der Waals surface area (Å²) in [6, 6.07) is 5.75. The third kappa shape index (κ3) is 4.71. The van der Waals surface area contributed by atoms with Crippen molar-refractivity contribution in [3.63, 3.8) is 0 Å². The minimum absolute atomic E-state index is 0.168. The van der Waals surface area contributed by atoms with Crippen LogP contribution in [0.5, 0.6) is 5.75 Å². The number of imide groups is 1. The maximum Gasteiger partial charge on any atom is 0.329 e. The number of nitrogens with one attached hydrogen (secondary N) is 2. The van der Waals surface area contributed by atoms with E-state index in [4.69, 9.17) is 9.26 Å². The first-order valence-electron chi connectivity index (χ1n) is 10.3. The molecule has 11 heteroatoms. The Morgan fingerprint density at radius 3 is 2.85 bits per heavy atom. The highest BCUT2D eigenvalue weighted by Gasteiger charge is 2.40. The minimum Gasteiger partial charge on any atom is -0.497 e. The van der Waals surface area contributed by atoms with Crippen molar-refractivity contribution in [2.45, 2.75) is 39.4 Å². The van der Waals surface area contributed by atoms with E-state index in [1.165, 1.54) is 6.20 Å². The summed E-state index contributed by atoms with van der Waals surface area (Å²) in [4.78, 5) is 38.6. The Labute approximate surface area is 189 Å². The lowest BCUT2D eigenvalue weighted by Gasteiger charge is -2.11. The van der Waals surface area contributed by atoms with Gasteiger partial charge in [-0.15, -0.1) is 0 Å². The van der Waals surface area contributed by atoms with Crippen LogP contribution in [0.4, 0.5) is 10.5 Å². The van der Waals surface area contributed by atoms with E-state index in [0.717, 1.165) is 21.7 Å². The molecule has 0 bridgehead atoms. The van der Waals surface area contributed by atoms with Crippen LogP contribution in [0.1, 0.15) is 29.0 Å². The fourth-order valence-corrected chi connectivity index (χ4v) is 3.60. The molecule has 2 N–H and O–H groups in total. The van der Waals surface area contributed by atoms with Gasteiger partial charge in [-0.3, -0.25) is 14.3 Å². The number of amides is 4. The summed E-state index contributed by atoms with van der Waals surface area (Å²) in [6.45, 7) is 4.31. The standard InChI is InChI=1S/C22H24N6O5/c1-13-18(14(2)33-26-13)12-27-11-16(10-24-27)28-21(30)19(25-22(28)31)8-20(29)23-9-15-5-4-6-17(7-15)32-3/h4-7,10-11,19H,8-9,12H2,1-3H3,(H,23,29)(H,25,31). The number of rotatable bonds is 8. The van der Waals surface area contributed by atoms with Crippen LogP contribution in [0, 0.1) is 13.8 Å². The summed E-state index contributed by atoms with van der Waals surface area (Å²) in [6.07, 6.45) is 2.85. The van der Waals surface area contributed by atoms with Crippen molar-refractivity contribution in [1.29, 1.82) is 0 Å². The van der Waals surface area contributed by atoms with Crippen molar-refractivity contribution >= 4 is 23.5 Å². The summed E-state index contributed by atoms with van der Waals surface area (Å²) in [5.41, 5.74) is 2.81. The Balaban J connectivity index is 1.36. The monoisotopic (exact) mass is 452 g/mol. The average Bonchev–Trinajstić information content (AvgIpc) is 3.46. The van der Waals surface area contributed by atoms with Crippen molar-refractivity contribution in [3.05, 3.63) is 59.2 Å². The topological polar surface area (TPSA) is 132 Å². The lowest BCUT2D eigenvalue weighted by Crippen LogP contribution is -2.36. The smallest absolute Gasteiger partial charge is 0.329 e. The molecule has 1 atom stereocenters. The predicted octanol–water partition coefficient (Wildman–Crippen LogP) is 1.68. The average molecular weight is 452 g/mol. The zero-order valence-corrected chi connectivity index (χ0v) is 18.5. The van der Waals surface area contributed by atoms with E-state index in [0.29, 0.717) is 23.7 Å². The highest BCUT2D eigenvalue weighted by atomic mass is 16.5. The number of methoxy groups -OCH3 is 1. The van der Waals surface area contributed by atoms with Gasteiger partial charge in [0.15, 0.2) is 0 Å². The summed E-state index contributed by atoms with van der Waals surface area (Å²) in [5, 5.41) is 13.5. The highest BCUT2D eigenvalue weighted by Crippen LogP contribution is 2.21. The van der Waals surface area contributed by atoms with Crippen LogP contribution in [-0.4, -0.2) is 45.9 Å². The summed E-state index contributed by atoms with van der Waals surface area (Å²) < 4.78 is 11.9. The summed E-state index contributed by atoms with van der Waals surface area (Å²) in [5.74, 6) is 0.505. The van der Waals surface area contributed by atoms with E-state index in [2.05, 4.69) is 20.9 Å². The molecule has 0 saturated carbocycles. The normalized spacial score (nSPS) is 15.6. The third-order valence-corrected chi connectivity index (χ3v) is 5.41. The third-order valence-electron chi connectivity index (χ3n) is 5.41. The number of anilines is 1. The molecule has 1 saturated heterocycles. The first kappa shape index (κ1) is 22.1. The maximum atomic E-state index is 12.8. The number of carbonyl (C=O) groups excluding carboxylic acids is 3. The van der Waals surface area contributed by atoms with Crippen LogP contribution in [0.2, 0.25) is 0 Å². The van der Waals surface area contributed by atoms with Crippen LogP contribution in [0.15, 0.2) is 41.2 Å². The number of hydrogen-bond acceptors (Lipinski definition) is 7. The van der Waals surface area contributed by atoms with Crippen LogP contribution in [0.3, 0.4) is 0 Å². The van der Waals surface area contributed by atoms with E-state index >= 15 is 0 Å². The summed E-state index contributed by atoms with van der Waals surface area (Å²) >= 11 is 0. The largest absolute Gasteiger partial charge is 0.497 e. The van der Waals surface area contributed by atoms with Crippen molar-refractivity contribution in [3.8, 4) is 5.75 Å². The van der Waals surface area contributed by atoms with Crippen LogP contribution in [-0.2, 0) is 22.7 Å². The van der Waals surface area contributed by atoms with Gasteiger partial charge in [0.05, 0.1) is 37.7 Å². The number of urea groups is 1. The van der Waals surface area contributed by atoms with Crippen LogP contribution < -0.4 is 20.3 Å². The molecule has 1 aliphatic heterocycles. The molecule has 3 heterocycles. The second-order valence-corrected chi connectivity index (χ2v) is 7.71. The lowest BCUT2D eigenvalue weighted by atomic mass is 10.1. The first-order valence-corrected chi connectivity index (χ1v) is 10.3. The van der Waals surface area contributed by atoms with E-state index in [-0.39, 0.29) is 18.9 Å². The van der Waals surface area contributed by atoms with Gasteiger partial charge in [0.2, 0.25) is 5.91 Å². The molecule has 0 spiro atoms. The SMILES string of the molecule is COc1cccc(CNC(=O)CC2NC(=O)N(c3cnn(Cc4c(C)noc4C)c3)C2=O)c1. The van der Waals surface area contributed by atoms with Crippen LogP contribution in [0.25, 0.3) is 0 Å². The predicted molar refractivity (Wildman–Crippen MR) is 117 cm³/mol. The molecule has 1 unspecified atom stereocenters. The zero-order valence-electron chi connectivity index (χ0n) is 18.5. The van der Waals surface area contributed by atoms with Gasteiger partial charge in [-0.1, -0.05) is 17.3 Å². The number of nitrogens with zero attached hydrogens (tertiary/aromatic N) is 4. The van der Waals surface area contributed by atoms with Crippen molar-refractivity contribution in [1.82, 2.24) is 25.6 Å². The first-order chi connectivity index (χ1) is 15.9. The molecular formula is C22H24N6O5. The molecule has 1 fully saturated rings. The Morgan fingerprint density at radius 1 is 1.30 bits per heavy atom. The van der Waals surface area contributed by atoms with Gasteiger partial charge in [0.1, 0.15) is 17.6 Å². The second kappa shape index (κ2) is 9.15. The van der Waals surface area contributed by atoms with Crippen molar-refractivity contribution in [2.75, 3.05) is 12.0 Å². The van der Waals surface area contributed by atoms with E-state index in [9.17, 15) is 14.4 Å². The molecule has 1 aliphatic rings. The Bertz CT molecular complexity index is 1180. The molecule has 3 aromatic rings. The van der Waals surface area contributed by atoms with Gasteiger partial charge in [0.25, 0.3) is 5.91 Å². The van der Waals surface area contributed by atoms with E-state index < -0.39 is 18.0 Å². The molecule has 33 heavy (non-hydrogen) atoms. The Hall–Kier alpha value is -4.15. The van der Waals surface area contributed by atoms with Gasteiger partial charge in [-0.25, -0.2) is 9.69 Å². The zero-order chi connectivity index (χ0) is 23.5. The molecule has 11 nitrogen and oxygen atoms in total. The number of carbonyl (C=O) groups is 3. The van der Waals surface area contributed by atoms with Crippen molar-refractivity contribution in [2.24, 2.45) is 0 Å². The van der Waals surface area contributed by atoms with Gasteiger partial charge in [-0.2, -0.15) is 5.10 Å². The van der Waals surface area contributed by atoms with Crippen molar-refractivity contribution < 1.29 is 23.6 Å². The number of ether oxygens (including phenoxy) is 1. The van der Waals surface area contributed by atoms with Gasteiger partial charge >= 0.3 is 6.03 Å². The molecule has 2 aromatic heterocycles. The second-order valence-electron chi connectivity index (χ2n) is 7.71. The molecule has 4 amide bonds. The molecular weight excluding hydrogens is 428 g/mol. The lowest BCUT2D eigenvalue weighted by molar-refractivity contribution is -0.125. The fourth-order valence-electron chi connectivity index (χ4n) is 3.60. The number of aromatic nitrogens is 3. The molecule has 4 rings (SSSR count). The van der Waals surface area contributed by atoms with Crippen LogP contribution >= 0.6 is 0 Å². The quantitative estimate of drug-likeness (QED) is 0.497. The minimum atomic E-state index is -0.950.